The molecular weight excluding hydrogens is 368 g/mol. The quantitative estimate of drug-likeness (QED) is 0.717. The van der Waals surface area contributed by atoms with E-state index in [0.29, 0.717) is 23.5 Å². The number of ether oxygens (including phenoxy) is 2. The molecule has 0 heterocycles. The number of benzene rings is 2. The second kappa shape index (κ2) is 8.77. The Hall–Kier alpha value is -2.74. The van der Waals surface area contributed by atoms with Crippen LogP contribution in [0.1, 0.15) is 20.3 Å². The predicted molar refractivity (Wildman–Crippen MR) is 105 cm³/mol. The Kier molecular flexibility index (Phi) is 6.68. The molecule has 0 aromatic heterocycles. The summed E-state index contributed by atoms with van der Waals surface area (Å²) in [6.07, 6.45) is 0.345. The number of hydrogen-bond acceptors (Lipinski definition) is 5. The van der Waals surface area contributed by atoms with Crippen LogP contribution in [0.25, 0.3) is 0 Å². The van der Waals surface area contributed by atoms with Gasteiger partial charge in [-0.05, 0) is 48.4 Å². The molecule has 2 aromatic carbocycles. The summed E-state index contributed by atoms with van der Waals surface area (Å²) in [6.45, 7) is 3.87. The summed E-state index contributed by atoms with van der Waals surface area (Å²) < 4.78 is 38.4. The second-order valence-electron chi connectivity index (χ2n) is 6.35. The number of rotatable bonds is 8. The molecule has 0 aliphatic heterocycles. The van der Waals surface area contributed by atoms with Gasteiger partial charge in [0.2, 0.25) is 5.91 Å². The average Bonchev–Trinajstić information content (AvgIpc) is 2.61. The van der Waals surface area contributed by atoms with E-state index in [1.807, 2.05) is 13.8 Å². The Bertz CT molecular complexity index is 893. The highest BCUT2D eigenvalue weighted by molar-refractivity contribution is 7.92. The molecule has 7 nitrogen and oxygen atoms in total. The summed E-state index contributed by atoms with van der Waals surface area (Å²) in [6, 6.07) is 11.0. The Balaban J connectivity index is 2.29. The minimum Gasteiger partial charge on any atom is -0.497 e. The summed E-state index contributed by atoms with van der Waals surface area (Å²) in [5, 5.41) is 2.71. The van der Waals surface area contributed by atoms with E-state index < -0.39 is 10.0 Å². The van der Waals surface area contributed by atoms with Gasteiger partial charge in [-0.1, -0.05) is 13.8 Å². The Morgan fingerprint density at radius 1 is 1.00 bits per heavy atom. The molecule has 0 fully saturated rings. The van der Waals surface area contributed by atoms with Gasteiger partial charge in [-0.2, -0.15) is 0 Å². The predicted octanol–water partition coefficient (Wildman–Crippen LogP) is 3.49. The van der Waals surface area contributed by atoms with E-state index in [2.05, 4.69) is 10.0 Å². The number of carbonyl (C=O) groups excluding carboxylic acids is 1. The smallest absolute Gasteiger partial charge is 0.265 e. The number of amides is 1. The van der Waals surface area contributed by atoms with Crippen LogP contribution in [0.4, 0.5) is 11.4 Å². The first-order valence-electron chi connectivity index (χ1n) is 8.40. The molecule has 2 aromatic rings. The van der Waals surface area contributed by atoms with Gasteiger partial charge >= 0.3 is 0 Å². The Morgan fingerprint density at radius 2 is 1.63 bits per heavy atom. The van der Waals surface area contributed by atoms with E-state index in [4.69, 9.17) is 9.47 Å². The highest BCUT2D eigenvalue weighted by Crippen LogP contribution is 2.29. The number of methoxy groups -OCH3 is 2. The summed E-state index contributed by atoms with van der Waals surface area (Å²) in [7, 11) is -1.01. The van der Waals surface area contributed by atoms with Gasteiger partial charge in [-0.15, -0.1) is 0 Å². The van der Waals surface area contributed by atoms with Crippen molar-refractivity contribution in [3.8, 4) is 11.5 Å². The van der Waals surface area contributed by atoms with Gasteiger partial charge in [0.1, 0.15) is 16.4 Å². The third kappa shape index (κ3) is 5.62. The summed E-state index contributed by atoms with van der Waals surface area (Å²) in [4.78, 5) is 11.9. The van der Waals surface area contributed by atoms with Crippen LogP contribution in [0.5, 0.6) is 11.5 Å². The van der Waals surface area contributed by atoms with Gasteiger partial charge < -0.3 is 14.8 Å². The maximum absolute atomic E-state index is 12.8. The van der Waals surface area contributed by atoms with Crippen LogP contribution in [0.2, 0.25) is 0 Å². The molecule has 0 unspecified atom stereocenters. The number of hydrogen-bond donors (Lipinski definition) is 2. The first kappa shape index (κ1) is 20.6. The molecule has 0 atom stereocenters. The van der Waals surface area contributed by atoms with Crippen LogP contribution < -0.4 is 19.5 Å². The molecule has 0 saturated heterocycles. The van der Waals surface area contributed by atoms with Crippen molar-refractivity contribution in [2.24, 2.45) is 5.92 Å². The molecular formula is C19H24N2O5S. The molecule has 2 rings (SSSR count). The largest absolute Gasteiger partial charge is 0.497 e. The first-order chi connectivity index (χ1) is 12.7. The van der Waals surface area contributed by atoms with E-state index in [-0.39, 0.29) is 22.5 Å². The number of carbonyl (C=O) groups is 1. The van der Waals surface area contributed by atoms with Crippen LogP contribution >= 0.6 is 0 Å². The monoisotopic (exact) mass is 392 g/mol. The maximum Gasteiger partial charge on any atom is 0.265 e. The van der Waals surface area contributed by atoms with Crippen molar-refractivity contribution in [1.29, 1.82) is 0 Å². The lowest BCUT2D eigenvalue weighted by molar-refractivity contribution is -0.116. The van der Waals surface area contributed by atoms with Gasteiger partial charge in [0.05, 0.1) is 14.2 Å². The lowest BCUT2D eigenvalue weighted by Crippen LogP contribution is -2.16. The van der Waals surface area contributed by atoms with Crippen molar-refractivity contribution in [3.63, 3.8) is 0 Å². The van der Waals surface area contributed by atoms with Gasteiger partial charge in [0.25, 0.3) is 10.0 Å². The van der Waals surface area contributed by atoms with Crippen molar-refractivity contribution in [1.82, 2.24) is 0 Å². The van der Waals surface area contributed by atoms with Crippen LogP contribution in [0, 0.1) is 5.92 Å². The van der Waals surface area contributed by atoms with E-state index in [1.165, 1.54) is 26.4 Å². The van der Waals surface area contributed by atoms with Gasteiger partial charge in [-0.25, -0.2) is 8.42 Å². The summed E-state index contributed by atoms with van der Waals surface area (Å²) >= 11 is 0. The average molecular weight is 392 g/mol. The summed E-state index contributed by atoms with van der Waals surface area (Å²) in [5.41, 5.74) is 0.767. The summed E-state index contributed by atoms with van der Waals surface area (Å²) in [5.74, 6) is 0.813. The zero-order valence-electron chi connectivity index (χ0n) is 15.8. The third-order valence-electron chi connectivity index (χ3n) is 3.67. The molecule has 0 radical (unpaired) electrons. The highest BCUT2D eigenvalue weighted by Gasteiger charge is 2.21. The Morgan fingerprint density at radius 3 is 2.19 bits per heavy atom. The van der Waals surface area contributed by atoms with Crippen LogP contribution in [-0.4, -0.2) is 28.5 Å². The first-order valence-corrected chi connectivity index (χ1v) is 9.88. The van der Waals surface area contributed by atoms with Crippen LogP contribution in [0.15, 0.2) is 47.4 Å². The molecule has 0 aliphatic rings. The lowest BCUT2D eigenvalue weighted by Gasteiger charge is -2.14. The lowest BCUT2D eigenvalue weighted by atomic mass is 10.1. The van der Waals surface area contributed by atoms with Crippen molar-refractivity contribution < 1.29 is 22.7 Å². The van der Waals surface area contributed by atoms with E-state index in [9.17, 15) is 13.2 Å². The van der Waals surface area contributed by atoms with Gasteiger partial charge in [0, 0.05) is 17.8 Å². The molecule has 146 valence electrons. The highest BCUT2D eigenvalue weighted by atomic mass is 32.2. The van der Waals surface area contributed by atoms with Crippen molar-refractivity contribution in [2.75, 3.05) is 24.3 Å². The molecule has 1 amide bonds. The number of nitrogens with one attached hydrogen (secondary N) is 2. The van der Waals surface area contributed by atoms with Gasteiger partial charge in [-0.3, -0.25) is 9.52 Å². The number of anilines is 2. The van der Waals surface area contributed by atoms with Gasteiger partial charge in [0.15, 0.2) is 0 Å². The maximum atomic E-state index is 12.8. The van der Waals surface area contributed by atoms with Crippen molar-refractivity contribution >= 4 is 27.3 Å². The standard InChI is InChI=1S/C19H24N2O5S/c1-13(2)11-19(22)20-15-7-10-17(26-4)18(12-15)27(23,24)21-14-5-8-16(25-3)9-6-14/h5-10,12-13,21H,11H2,1-4H3,(H,20,22). The zero-order chi connectivity index (χ0) is 20.0. The minimum absolute atomic E-state index is 0.0665. The Labute approximate surface area is 159 Å². The molecule has 0 saturated carbocycles. The number of sulfonamides is 1. The molecule has 0 bridgehead atoms. The fraction of sp³-hybridized carbons (Fsp3) is 0.316. The topological polar surface area (TPSA) is 93.7 Å². The second-order valence-corrected chi connectivity index (χ2v) is 8.00. The van der Waals surface area contributed by atoms with E-state index in [0.717, 1.165) is 0 Å². The molecule has 2 N–H and O–H groups in total. The van der Waals surface area contributed by atoms with Crippen molar-refractivity contribution in [2.45, 2.75) is 25.2 Å². The van der Waals surface area contributed by atoms with Crippen molar-refractivity contribution in [3.05, 3.63) is 42.5 Å². The van der Waals surface area contributed by atoms with E-state index >= 15 is 0 Å². The fourth-order valence-corrected chi connectivity index (χ4v) is 3.67. The normalized spacial score (nSPS) is 11.1. The van der Waals surface area contributed by atoms with Crippen LogP contribution in [0.3, 0.4) is 0 Å². The SMILES string of the molecule is COc1ccc(NS(=O)(=O)c2cc(NC(=O)CC(C)C)ccc2OC)cc1. The molecule has 0 aliphatic carbocycles. The molecule has 27 heavy (non-hydrogen) atoms. The fourth-order valence-electron chi connectivity index (χ4n) is 2.42. The zero-order valence-corrected chi connectivity index (χ0v) is 16.6. The third-order valence-corrected chi connectivity index (χ3v) is 5.08. The van der Waals surface area contributed by atoms with Crippen LogP contribution in [-0.2, 0) is 14.8 Å². The van der Waals surface area contributed by atoms with E-state index in [1.54, 1.807) is 30.3 Å². The molecule has 0 spiro atoms. The molecule has 8 heteroatoms. The minimum atomic E-state index is -3.92.